The zero-order chi connectivity index (χ0) is 9.80. The molecule has 1 aromatic carbocycles. The van der Waals surface area contributed by atoms with Crippen molar-refractivity contribution in [2.75, 3.05) is 0 Å². The molecule has 0 heterocycles. The minimum Gasteiger partial charge on any atom is -0.489 e. The number of hydrogen-bond acceptors (Lipinski definition) is 2. The normalized spacial score (nSPS) is 27.2. The highest BCUT2D eigenvalue weighted by Gasteiger charge is 2.22. The van der Waals surface area contributed by atoms with Gasteiger partial charge in [-0.3, -0.25) is 0 Å². The highest BCUT2D eigenvalue weighted by molar-refractivity contribution is 5.21. The largest absolute Gasteiger partial charge is 0.489 e. The van der Waals surface area contributed by atoms with Crippen LogP contribution in [0.1, 0.15) is 25.7 Å². The van der Waals surface area contributed by atoms with E-state index >= 15 is 0 Å². The van der Waals surface area contributed by atoms with Crippen LogP contribution in [0.5, 0.6) is 5.75 Å². The van der Waals surface area contributed by atoms with Gasteiger partial charge in [0.1, 0.15) is 11.9 Å². The lowest BCUT2D eigenvalue weighted by atomic mass is 9.93. The Hall–Kier alpha value is -1.02. The third kappa shape index (κ3) is 2.26. The maximum Gasteiger partial charge on any atom is 0.119 e. The first kappa shape index (κ1) is 9.53. The maximum absolute atomic E-state index is 6.00. The Kier molecular flexibility index (Phi) is 3.04. The van der Waals surface area contributed by atoms with Crippen molar-refractivity contribution in [3.8, 4) is 5.75 Å². The number of benzene rings is 1. The van der Waals surface area contributed by atoms with Crippen molar-refractivity contribution in [2.24, 2.45) is 5.73 Å². The zero-order valence-corrected chi connectivity index (χ0v) is 8.36. The predicted octanol–water partition coefficient (Wildman–Crippen LogP) is 2.34. The van der Waals surface area contributed by atoms with Crippen LogP contribution in [-0.2, 0) is 0 Å². The molecule has 1 aliphatic carbocycles. The molecule has 2 rings (SSSR count). The van der Waals surface area contributed by atoms with Crippen LogP contribution < -0.4 is 10.5 Å². The molecule has 0 bridgehead atoms. The highest BCUT2D eigenvalue weighted by Crippen LogP contribution is 2.22. The van der Waals surface area contributed by atoms with Crippen LogP contribution in [0.4, 0.5) is 0 Å². The van der Waals surface area contributed by atoms with Gasteiger partial charge < -0.3 is 10.5 Å². The van der Waals surface area contributed by atoms with E-state index in [2.05, 4.69) is 0 Å². The van der Waals surface area contributed by atoms with E-state index in [-0.39, 0.29) is 12.1 Å². The first-order chi connectivity index (χ1) is 6.86. The molecule has 0 unspecified atom stereocenters. The Morgan fingerprint density at radius 2 is 1.79 bits per heavy atom. The SMILES string of the molecule is N[C@@H]1CCCC[C@@H]1Oc1ccccc1. The summed E-state index contributed by atoms with van der Waals surface area (Å²) in [5.74, 6) is 0.940. The lowest BCUT2D eigenvalue weighted by molar-refractivity contribution is 0.132. The summed E-state index contributed by atoms with van der Waals surface area (Å²) in [5, 5.41) is 0. The molecule has 0 saturated heterocycles. The van der Waals surface area contributed by atoms with Crippen molar-refractivity contribution in [3.05, 3.63) is 30.3 Å². The molecule has 1 fully saturated rings. The van der Waals surface area contributed by atoms with Crippen molar-refractivity contribution in [2.45, 2.75) is 37.8 Å². The third-order valence-corrected chi connectivity index (χ3v) is 2.78. The molecule has 0 aliphatic heterocycles. The maximum atomic E-state index is 6.00. The van der Waals surface area contributed by atoms with Gasteiger partial charge >= 0.3 is 0 Å². The van der Waals surface area contributed by atoms with Crippen molar-refractivity contribution in [1.29, 1.82) is 0 Å². The van der Waals surface area contributed by atoms with E-state index in [1.807, 2.05) is 30.3 Å². The zero-order valence-electron chi connectivity index (χ0n) is 8.36. The fourth-order valence-corrected chi connectivity index (χ4v) is 1.95. The molecular formula is C12H17NO. The fraction of sp³-hybridized carbons (Fsp3) is 0.500. The second kappa shape index (κ2) is 4.47. The lowest BCUT2D eigenvalue weighted by Crippen LogP contribution is -2.41. The van der Waals surface area contributed by atoms with Crippen molar-refractivity contribution in [1.82, 2.24) is 0 Å². The highest BCUT2D eigenvalue weighted by atomic mass is 16.5. The Balaban J connectivity index is 1.96. The Labute approximate surface area is 85.1 Å². The second-order valence-corrected chi connectivity index (χ2v) is 3.92. The van der Waals surface area contributed by atoms with Gasteiger partial charge in [0.2, 0.25) is 0 Å². The van der Waals surface area contributed by atoms with Gasteiger partial charge in [-0.15, -0.1) is 0 Å². The van der Waals surface area contributed by atoms with E-state index in [4.69, 9.17) is 10.5 Å². The number of hydrogen-bond donors (Lipinski definition) is 1. The van der Waals surface area contributed by atoms with Crippen molar-refractivity contribution >= 4 is 0 Å². The smallest absolute Gasteiger partial charge is 0.119 e. The van der Waals surface area contributed by atoms with Crippen LogP contribution in [0.15, 0.2) is 30.3 Å². The minimum absolute atomic E-state index is 0.212. The lowest BCUT2D eigenvalue weighted by Gasteiger charge is -2.29. The number of rotatable bonds is 2. The van der Waals surface area contributed by atoms with Gasteiger partial charge in [0.05, 0.1) is 0 Å². The molecule has 1 aliphatic rings. The van der Waals surface area contributed by atoms with E-state index in [9.17, 15) is 0 Å². The summed E-state index contributed by atoms with van der Waals surface area (Å²) in [6.45, 7) is 0. The molecule has 1 aromatic rings. The van der Waals surface area contributed by atoms with Crippen LogP contribution in [0, 0.1) is 0 Å². The molecule has 0 spiro atoms. The van der Waals surface area contributed by atoms with Gasteiger partial charge in [0.15, 0.2) is 0 Å². The number of para-hydroxylation sites is 1. The molecule has 2 N–H and O–H groups in total. The molecule has 2 nitrogen and oxygen atoms in total. The summed E-state index contributed by atoms with van der Waals surface area (Å²) in [5.41, 5.74) is 6.00. The molecule has 0 amide bonds. The van der Waals surface area contributed by atoms with Crippen LogP contribution in [0.25, 0.3) is 0 Å². The Morgan fingerprint density at radius 1 is 1.07 bits per heavy atom. The van der Waals surface area contributed by atoms with Gasteiger partial charge in [0, 0.05) is 6.04 Å². The molecule has 2 heteroatoms. The van der Waals surface area contributed by atoms with Crippen LogP contribution >= 0.6 is 0 Å². The minimum atomic E-state index is 0.212. The van der Waals surface area contributed by atoms with Gasteiger partial charge in [-0.1, -0.05) is 24.6 Å². The standard InChI is InChI=1S/C12H17NO/c13-11-8-4-5-9-12(11)14-10-6-2-1-3-7-10/h1-3,6-7,11-12H,4-5,8-9,13H2/t11-,12+/m1/s1. The van der Waals surface area contributed by atoms with Crippen LogP contribution in [0.2, 0.25) is 0 Å². The van der Waals surface area contributed by atoms with Crippen LogP contribution in [-0.4, -0.2) is 12.1 Å². The predicted molar refractivity (Wildman–Crippen MR) is 57.3 cm³/mol. The summed E-state index contributed by atoms with van der Waals surface area (Å²) in [4.78, 5) is 0. The van der Waals surface area contributed by atoms with Gasteiger partial charge in [-0.05, 0) is 31.4 Å². The van der Waals surface area contributed by atoms with E-state index in [0.29, 0.717) is 0 Å². The van der Waals surface area contributed by atoms with E-state index in [0.717, 1.165) is 18.6 Å². The monoisotopic (exact) mass is 191 g/mol. The molecule has 0 radical (unpaired) electrons. The Morgan fingerprint density at radius 3 is 2.50 bits per heavy atom. The molecule has 2 atom stereocenters. The van der Waals surface area contributed by atoms with Gasteiger partial charge in [-0.2, -0.15) is 0 Å². The number of nitrogens with two attached hydrogens (primary N) is 1. The second-order valence-electron chi connectivity index (χ2n) is 3.92. The fourth-order valence-electron chi connectivity index (χ4n) is 1.95. The van der Waals surface area contributed by atoms with Crippen molar-refractivity contribution < 1.29 is 4.74 Å². The average molecular weight is 191 g/mol. The molecule has 0 aromatic heterocycles. The summed E-state index contributed by atoms with van der Waals surface area (Å²) in [6.07, 6.45) is 4.89. The summed E-state index contributed by atoms with van der Waals surface area (Å²) in [7, 11) is 0. The van der Waals surface area contributed by atoms with E-state index in [1.54, 1.807) is 0 Å². The summed E-state index contributed by atoms with van der Waals surface area (Å²) in [6, 6.07) is 10.2. The molecular weight excluding hydrogens is 174 g/mol. The molecule has 14 heavy (non-hydrogen) atoms. The average Bonchev–Trinajstić information content (AvgIpc) is 2.23. The summed E-state index contributed by atoms with van der Waals surface area (Å²) < 4.78 is 5.84. The molecule has 76 valence electrons. The van der Waals surface area contributed by atoms with Gasteiger partial charge in [0.25, 0.3) is 0 Å². The first-order valence-electron chi connectivity index (χ1n) is 5.33. The van der Waals surface area contributed by atoms with Crippen molar-refractivity contribution in [3.63, 3.8) is 0 Å². The quantitative estimate of drug-likeness (QED) is 0.778. The topological polar surface area (TPSA) is 35.2 Å². The van der Waals surface area contributed by atoms with E-state index in [1.165, 1.54) is 12.8 Å². The van der Waals surface area contributed by atoms with E-state index < -0.39 is 0 Å². The first-order valence-corrected chi connectivity index (χ1v) is 5.33. The van der Waals surface area contributed by atoms with Gasteiger partial charge in [-0.25, -0.2) is 0 Å². The summed E-state index contributed by atoms with van der Waals surface area (Å²) >= 11 is 0. The third-order valence-electron chi connectivity index (χ3n) is 2.78. The Bertz CT molecular complexity index is 273. The number of ether oxygens (including phenoxy) is 1. The molecule has 1 saturated carbocycles. The van der Waals surface area contributed by atoms with Crippen LogP contribution in [0.3, 0.4) is 0 Å².